The molecule has 0 aromatic carbocycles. The van der Waals surface area contributed by atoms with Crippen molar-refractivity contribution in [2.75, 3.05) is 25.4 Å². The van der Waals surface area contributed by atoms with Crippen LogP contribution in [0, 0.1) is 0 Å². The minimum atomic E-state index is -2.93. The fraction of sp³-hybridized carbons (Fsp3) is 1.00. The third kappa shape index (κ3) is 3.93. The number of nitrogens with one attached hydrogen (secondary N) is 1. The van der Waals surface area contributed by atoms with Gasteiger partial charge < -0.3 is 5.32 Å². The zero-order chi connectivity index (χ0) is 14.0. The molecule has 108 valence electrons. The van der Waals surface area contributed by atoms with Crippen molar-refractivity contribution < 1.29 is 8.42 Å². The summed E-state index contributed by atoms with van der Waals surface area (Å²) in [6.07, 6.45) is 1.06. The molecule has 0 bridgehead atoms. The molecule has 18 heavy (non-hydrogen) atoms. The highest BCUT2D eigenvalue weighted by atomic mass is 32.2. The van der Waals surface area contributed by atoms with Crippen LogP contribution >= 0.6 is 0 Å². The van der Waals surface area contributed by atoms with Gasteiger partial charge in [-0.1, -0.05) is 6.92 Å². The summed E-state index contributed by atoms with van der Waals surface area (Å²) in [6, 6.07) is 0.409. The van der Waals surface area contributed by atoms with Gasteiger partial charge in [-0.05, 0) is 34.1 Å². The normalized spacial score (nSPS) is 30.9. The van der Waals surface area contributed by atoms with Crippen molar-refractivity contribution in [3.63, 3.8) is 0 Å². The summed E-state index contributed by atoms with van der Waals surface area (Å²) in [7, 11) is -2.93. The second-order valence-electron chi connectivity index (χ2n) is 6.03. The van der Waals surface area contributed by atoms with Crippen LogP contribution in [-0.4, -0.2) is 55.5 Å². The molecule has 1 aliphatic rings. The molecule has 4 nitrogen and oxygen atoms in total. The lowest BCUT2D eigenvalue weighted by atomic mass is 9.94. The molecule has 1 fully saturated rings. The topological polar surface area (TPSA) is 49.4 Å². The Hall–Kier alpha value is -0.130. The molecule has 2 unspecified atom stereocenters. The Morgan fingerprint density at radius 3 is 2.56 bits per heavy atom. The molecule has 1 aliphatic heterocycles. The van der Waals surface area contributed by atoms with Crippen LogP contribution in [0.25, 0.3) is 0 Å². The van der Waals surface area contributed by atoms with Crippen molar-refractivity contribution in [2.45, 2.75) is 57.9 Å². The van der Waals surface area contributed by atoms with Gasteiger partial charge in [-0.3, -0.25) is 4.90 Å². The Morgan fingerprint density at radius 2 is 2.06 bits per heavy atom. The van der Waals surface area contributed by atoms with E-state index in [9.17, 15) is 8.42 Å². The van der Waals surface area contributed by atoms with Crippen molar-refractivity contribution in [2.24, 2.45) is 0 Å². The van der Waals surface area contributed by atoms with Gasteiger partial charge in [-0.2, -0.15) is 0 Å². The maximum atomic E-state index is 11.9. The monoisotopic (exact) mass is 276 g/mol. The summed E-state index contributed by atoms with van der Waals surface area (Å²) in [5, 5.41) is 3.28. The Morgan fingerprint density at radius 1 is 1.44 bits per heavy atom. The average Bonchev–Trinajstić information content (AvgIpc) is 2.30. The molecule has 2 atom stereocenters. The Balaban J connectivity index is 2.60. The van der Waals surface area contributed by atoms with Gasteiger partial charge in [0.05, 0.1) is 11.0 Å². The van der Waals surface area contributed by atoms with Crippen LogP contribution in [0.1, 0.15) is 41.0 Å². The lowest BCUT2D eigenvalue weighted by Gasteiger charge is -2.45. The number of hydrogen-bond acceptors (Lipinski definition) is 4. The summed E-state index contributed by atoms with van der Waals surface area (Å²) in [5.74, 6) is 0.273. The highest BCUT2D eigenvalue weighted by Crippen LogP contribution is 2.18. The molecule has 1 heterocycles. The van der Waals surface area contributed by atoms with Crippen molar-refractivity contribution >= 4 is 9.84 Å². The van der Waals surface area contributed by atoms with Crippen molar-refractivity contribution in [3.05, 3.63) is 0 Å². The summed E-state index contributed by atoms with van der Waals surface area (Å²) >= 11 is 0. The highest BCUT2D eigenvalue weighted by Gasteiger charge is 2.33. The maximum absolute atomic E-state index is 11.9. The summed E-state index contributed by atoms with van der Waals surface area (Å²) in [4.78, 5) is 2.31. The van der Waals surface area contributed by atoms with Crippen molar-refractivity contribution in [1.82, 2.24) is 10.2 Å². The van der Waals surface area contributed by atoms with Gasteiger partial charge in [-0.25, -0.2) is 8.42 Å². The fourth-order valence-electron chi connectivity index (χ4n) is 2.20. The highest BCUT2D eigenvalue weighted by molar-refractivity contribution is 7.92. The minimum absolute atomic E-state index is 0.119. The molecule has 5 heteroatoms. The van der Waals surface area contributed by atoms with Gasteiger partial charge in [0.25, 0.3) is 0 Å². The molecule has 0 aromatic heterocycles. The van der Waals surface area contributed by atoms with Crippen LogP contribution in [0.3, 0.4) is 0 Å². The Bertz CT molecular complexity index is 367. The molecular formula is C13H28N2O2S. The van der Waals surface area contributed by atoms with Crippen LogP contribution in [0.15, 0.2) is 0 Å². The largest absolute Gasteiger partial charge is 0.309 e. The van der Waals surface area contributed by atoms with Gasteiger partial charge in [0, 0.05) is 31.2 Å². The third-order valence-corrected chi connectivity index (χ3v) is 6.35. The van der Waals surface area contributed by atoms with E-state index in [0.717, 1.165) is 19.5 Å². The predicted molar refractivity (Wildman–Crippen MR) is 76.7 cm³/mol. The fourth-order valence-corrected chi connectivity index (χ4v) is 3.16. The minimum Gasteiger partial charge on any atom is -0.309 e. The Labute approximate surface area is 112 Å². The number of nitrogens with zero attached hydrogens (tertiary/aromatic N) is 1. The smallest absolute Gasteiger partial charge is 0.153 e. The van der Waals surface area contributed by atoms with Crippen LogP contribution in [0.5, 0.6) is 0 Å². The second-order valence-corrected chi connectivity index (χ2v) is 8.71. The molecule has 0 amide bonds. The molecule has 0 spiro atoms. The van der Waals surface area contributed by atoms with Gasteiger partial charge in [0.15, 0.2) is 9.84 Å². The van der Waals surface area contributed by atoms with Crippen molar-refractivity contribution in [1.29, 1.82) is 0 Å². The van der Waals surface area contributed by atoms with E-state index >= 15 is 0 Å². The van der Waals surface area contributed by atoms with E-state index in [1.165, 1.54) is 0 Å². The molecule has 0 aliphatic carbocycles. The molecule has 0 saturated carbocycles. The first-order chi connectivity index (χ1) is 8.20. The van der Waals surface area contributed by atoms with Crippen LogP contribution in [0.2, 0.25) is 0 Å². The number of piperazine rings is 1. The van der Waals surface area contributed by atoms with E-state index in [1.54, 1.807) is 13.8 Å². The van der Waals surface area contributed by atoms with E-state index < -0.39 is 9.84 Å². The van der Waals surface area contributed by atoms with Gasteiger partial charge in [0.2, 0.25) is 0 Å². The van der Waals surface area contributed by atoms with Gasteiger partial charge in [0.1, 0.15) is 0 Å². The first-order valence-electron chi connectivity index (χ1n) is 6.91. The number of rotatable bonds is 5. The number of sulfone groups is 1. The van der Waals surface area contributed by atoms with Crippen molar-refractivity contribution in [3.8, 4) is 0 Å². The first-order valence-corrected chi connectivity index (χ1v) is 8.62. The predicted octanol–water partition coefficient (Wildman–Crippen LogP) is 1.27. The van der Waals surface area contributed by atoms with E-state index in [1.807, 2.05) is 0 Å². The average molecular weight is 276 g/mol. The lowest BCUT2D eigenvalue weighted by molar-refractivity contribution is 0.0993. The molecule has 1 N–H and O–H groups in total. The molecule has 0 aromatic rings. The summed E-state index contributed by atoms with van der Waals surface area (Å²) in [5.41, 5.74) is 0.119. The first kappa shape index (κ1) is 15.9. The SMILES string of the molecule is CCC1(C)CN(CCS(=O)(=O)C(C)C)C(C)CN1. The summed E-state index contributed by atoms with van der Waals surface area (Å²) < 4.78 is 23.7. The van der Waals surface area contributed by atoms with E-state index in [0.29, 0.717) is 12.6 Å². The van der Waals surface area contributed by atoms with E-state index in [4.69, 9.17) is 0 Å². The summed E-state index contributed by atoms with van der Waals surface area (Å²) in [6.45, 7) is 12.6. The maximum Gasteiger partial charge on any atom is 0.153 e. The molecular weight excluding hydrogens is 248 g/mol. The number of hydrogen-bond donors (Lipinski definition) is 1. The van der Waals surface area contributed by atoms with E-state index in [-0.39, 0.29) is 16.5 Å². The lowest BCUT2D eigenvalue weighted by Crippen LogP contribution is -2.62. The Kier molecular flexibility index (Phi) is 5.21. The zero-order valence-electron chi connectivity index (χ0n) is 12.4. The molecule has 0 radical (unpaired) electrons. The van der Waals surface area contributed by atoms with Gasteiger partial charge in [-0.15, -0.1) is 0 Å². The standard InChI is InChI=1S/C13H28N2O2S/c1-6-13(5)10-15(12(4)9-14-13)7-8-18(16,17)11(2)3/h11-12,14H,6-10H2,1-5H3. The van der Waals surface area contributed by atoms with Gasteiger partial charge >= 0.3 is 0 Å². The quantitative estimate of drug-likeness (QED) is 0.821. The van der Waals surface area contributed by atoms with Crippen LogP contribution in [0.4, 0.5) is 0 Å². The van der Waals surface area contributed by atoms with E-state index in [2.05, 4.69) is 31.0 Å². The van der Waals surface area contributed by atoms with Crippen LogP contribution < -0.4 is 5.32 Å². The zero-order valence-corrected chi connectivity index (χ0v) is 13.2. The molecule has 1 rings (SSSR count). The van der Waals surface area contributed by atoms with Crippen LogP contribution in [-0.2, 0) is 9.84 Å². The third-order valence-electron chi connectivity index (χ3n) is 4.16. The second kappa shape index (κ2) is 5.88. The molecule has 1 saturated heterocycles.